The Labute approximate surface area is 146 Å². The summed E-state index contributed by atoms with van der Waals surface area (Å²) in [6.07, 6.45) is 3.83. The van der Waals surface area contributed by atoms with E-state index < -0.39 is 17.2 Å². The van der Waals surface area contributed by atoms with Crippen molar-refractivity contribution in [2.75, 3.05) is 0 Å². The van der Waals surface area contributed by atoms with E-state index in [4.69, 9.17) is 0 Å². The Hall–Kier alpha value is -3.09. The number of halogens is 2. The first-order valence-electron chi connectivity index (χ1n) is 8.43. The molecule has 1 fully saturated rings. The van der Waals surface area contributed by atoms with Crippen molar-refractivity contribution >= 4 is 22.1 Å². The van der Waals surface area contributed by atoms with E-state index in [-0.39, 0.29) is 5.52 Å². The minimum Gasteiger partial charge on any atom is -0.319 e. The van der Waals surface area contributed by atoms with Crippen LogP contribution in [-0.4, -0.2) is 19.5 Å². The quantitative estimate of drug-likeness (QED) is 0.614. The molecular weight excluding hydrogens is 338 g/mol. The van der Waals surface area contributed by atoms with Crippen molar-refractivity contribution < 1.29 is 8.78 Å². The summed E-state index contributed by atoms with van der Waals surface area (Å²) in [5, 5.41) is 0.475. The third kappa shape index (κ3) is 2.31. The molecule has 0 saturated heterocycles. The van der Waals surface area contributed by atoms with E-state index in [2.05, 4.69) is 15.0 Å². The van der Waals surface area contributed by atoms with Gasteiger partial charge < -0.3 is 9.55 Å². The standard InChI is InChI=1S/C19H14F2N4O/c20-13-6-5-12-11(8-15(26)24-17(12)16(13)21)9-25-18(10-3-4-10)23-14-2-1-7-22-19(14)25/h1-2,5-8,10H,3-4,9H2,(H,24,26). The highest BCUT2D eigenvalue weighted by atomic mass is 19.2. The van der Waals surface area contributed by atoms with E-state index in [1.807, 2.05) is 16.7 Å². The molecule has 0 unspecified atom stereocenters. The zero-order valence-electron chi connectivity index (χ0n) is 13.7. The Balaban J connectivity index is 1.74. The molecule has 0 amide bonds. The molecule has 1 aromatic carbocycles. The SMILES string of the molecule is O=c1cc(Cn2c(C3CC3)nc3cccnc32)c2ccc(F)c(F)c2[nH]1. The molecule has 5 nitrogen and oxygen atoms in total. The molecule has 0 spiro atoms. The van der Waals surface area contributed by atoms with Crippen LogP contribution in [0.5, 0.6) is 0 Å². The molecule has 3 aromatic heterocycles. The van der Waals surface area contributed by atoms with Crippen LogP contribution in [-0.2, 0) is 6.54 Å². The molecule has 130 valence electrons. The van der Waals surface area contributed by atoms with Crippen molar-refractivity contribution in [1.29, 1.82) is 0 Å². The van der Waals surface area contributed by atoms with Gasteiger partial charge in [0.05, 0.1) is 12.1 Å². The van der Waals surface area contributed by atoms with Crippen molar-refractivity contribution in [3.05, 3.63) is 69.9 Å². The highest BCUT2D eigenvalue weighted by Crippen LogP contribution is 2.40. The second kappa shape index (κ2) is 5.45. The second-order valence-electron chi connectivity index (χ2n) is 6.62. The van der Waals surface area contributed by atoms with Gasteiger partial charge >= 0.3 is 0 Å². The topological polar surface area (TPSA) is 63.6 Å². The van der Waals surface area contributed by atoms with Crippen LogP contribution in [0.4, 0.5) is 8.78 Å². The zero-order valence-corrected chi connectivity index (χ0v) is 13.7. The number of aromatic amines is 1. The normalized spacial score (nSPS) is 14.4. The predicted molar refractivity (Wildman–Crippen MR) is 93.1 cm³/mol. The van der Waals surface area contributed by atoms with Crippen LogP contribution in [0, 0.1) is 11.6 Å². The largest absolute Gasteiger partial charge is 0.319 e. The number of hydrogen-bond acceptors (Lipinski definition) is 3. The van der Waals surface area contributed by atoms with E-state index in [0.717, 1.165) is 35.9 Å². The Morgan fingerprint density at radius 2 is 2.08 bits per heavy atom. The Kier molecular flexibility index (Phi) is 3.19. The molecule has 0 radical (unpaired) electrons. The van der Waals surface area contributed by atoms with Crippen molar-refractivity contribution in [3.8, 4) is 0 Å². The van der Waals surface area contributed by atoms with Crippen molar-refractivity contribution in [2.24, 2.45) is 0 Å². The lowest BCUT2D eigenvalue weighted by Gasteiger charge is -2.11. The molecular formula is C19H14F2N4O. The maximum absolute atomic E-state index is 14.1. The first-order valence-corrected chi connectivity index (χ1v) is 8.43. The van der Waals surface area contributed by atoms with Gasteiger partial charge in [0.25, 0.3) is 0 Å². The van der Waals surface area contributed by atoms with Crippen molar-refractivity contribution in [3.63, 3.8) is 0 Å². The number of aromatic nitrogens is 4. The van der Waals surface area contributed by atoms with Crippen LogP contribution in [0.2, 0.25) is 0 Å². The lowest BCUT2D eigenvalue weighted by molar-refractivity contribution is 0.515. The smallest absolute Gasteiger partial charge is 0.248 e. The average Bonchev–Trinajstić information content (AvgIpc) is 3.41. The zero-order chi connectivity index (χ0) is 17.8. The van der Waals surface area contributed by atoms with E-state index in [9.17, 15) is 13.6 Å². The van der Waals surface area contributed by atoms with Gasteiger partial charge in [-0.2, -0.15) is 0 Å². The molecule has 26 heavy (non-hydrogen) atoms. The number of nitrogens with zero attached hydrogens (tertiary/aromatic N) is 3. The van der Waals surface area contributed by atoms with Gasteiger partial charge in [-0.25, -0.2) is 18.7 Å². The third-order valence-electron chi connectivity index (χ3n) is 4.80. The van der Waals surface area contributed by atoms with E-state index in [1.54, 1.807) is 6.20 Å². The fourth-order valence-electron chi connectivity index (χ4n) is 3.42. The minimum atomic E-state index is -1.04. The van der Waals surface area contributed by atoms with Crippen LogP contribution in [0.15, 0.2) is 41.3 Å². The highest BCUT2D eigenvalue weighted by Gasteiger charge is 2.30. The summed E-state index contributed by atoms with van der Waals surface area (Å²) in [5.74, 6) is -0.724. The second-order valence-corrected chi connectivity index (χ2v) is 6.62. The molecule has 0 atom stereocenters. The summed E-state index contributed by atoms with van der Waals surface area (Å²) in [6, 6.07) is 7.71. The number of fused-ring (bicyclic) bond motifs is 2. The van der Waals surface area contributed by atoms with Crippen LogP contribution in [0.1, 0.15) is 30.1 Å². The molecule has 1 aliphatic rings. The van der Waals surface area contributed by atoms with Gasteiger partial charge in [-0.3, -0.25) is 4.79 Å². The molecule has 1 aliphatic carbocycles. The fourth-order valence-corrected chi connectivity index (χ4v) is 3.42. The third-order valence-corrected chi connectivity index (χ3v) is 4.80. The fraction of sp³-hybridized carbons (Fsp3) is 0.211. The molecule has 1 N–H and O–H groups in total. The maximum Gasteiger partial charge on any atom is 0.248 e. The maximum atomic E-state index is 14.1. The van der Waals surface area contributed by atoms with Crippen LogP contribution in [0.3, 0.4) is 0 Å². The lowest BCUT2D eigenvalue weighted by Crippen LogP contribution is -2.12. The number of hydrogen-bond donors (Lipinski definition) is 1. The number of pyridine rings is 2. The Bertz CT molecular complexity index is 1220. The lowest BCUT2D eigenvalue weighted by atomic mass is 10.1. The first kappa shape index (κ1) is 15.2. The average molecular weight is 352 g/mol. The molecule has 0 aliphatic heterocycles. The monoisotopic (exact) mass is 352 g/mol. The summed E-state index contributed by atoms with van der Waals surface area (Å²) in [5.41, 5.74) is 1.54. The molecule has 7 heteroatoms. The van der Waals surface area contributed by atoms with Crippen molar-refractivity contribution in [2.45, 2.75) is 25.3 Å². The van der Waals surface area contributed by atoms with E-state index >= 15 is 0 Å². The number of rotatable bonds is 3. The van der Waals surface area contributed by atoms with Gasteiger partial charge in [-0.15, -0.1) is 0 Å². The van der Waals surface area contributed by atoms with E-state index in [1.165, 1.54) is 12.1 Å². The van der Waals surface area contributed by atoms with Crippen LogP contribution in [0.25, 0.3) is 22.1 Å². The summed E-state index contributed by atoms with van der Waals surface area (Å²) in [7, 11) is 0. The number of benzene rings is 1. The van der Waals surface area contributed by atoms with Gasteiger partial charge in [-0.05, 0) is 42.7 Å². The van der Waals surface area contributed by atoms with Crippen LogP contribution < -0.4 is 5.56 Å². The van der Waals surface area contributed by atoms with E-state index in [0.29, 0.717) is 23.4 Å². The van der Waals surface area contributed by atoms with Gasteiger partial charge in [0.2, 0.25) is 5.56 Å². The molecule has 5 rings (SSSR count). The Morgan fingerprint density at radius 1 is 1.23 bits per heavy atom. The van der Waals surface area contributed by atoms with Gasteiger partial charge in [-0.1, -0.05) is 0 Å². The Morgan fingerprint density at radius 3 is 2.88 bits per heavy atom. The molecule has 3 heterocycles. The first-order chi connectivity index (χ1) is 12.6. The van der Waals surface area contributed by atoms with Crippen LogP contribution >= 0.6 is 0 Å². The number of nitrogens with one attached hydrogen (secondary N) is 1. The van der Waals surface area contributed by atoms with Gasteiger partial charge in [0.15, 0.2) is 17.3 Å². The molecule has 1 saturated carbocycles. The molecule has 0 bridgehead atoms. The predicted octanol–water partition coefficient (Wildman–Crippen LogP) is 3.48. The summed E-state index contributed by atoms with van der Waals surface area (Å²) < 4.78 is 29.7. The summed E-state index contributed by atoms with van der Waals surface area (Å²) >= 11 is 0. The summed E-state index contributed by atoms with van der Waals surface area (Å²) in [4.78, 5) is 23.5. The minimum absolute atomic E-state index is 0.113. The van der Waals surface area contributed by atoms with Crippen molar-refractivity contribution in [1.82, 2.24) is 19.5 Å². The van der Waals surface area contributed by atoms with Gasteiger partial charge in [0, 0.05) is 23.6 Å². The number of imidazole rings is 1. The number of H-pyrrole nitrogens is 1. The highest BCUT2D eigenvalue weighted by molar-refractivity contribution is 5.83. The molecule has 4 aromatic rings. The summed E-state index contributed by atoms with van der Waals surface area (Å²) in [6.45, 7) is 0.324. The van der Waals surface area contributed by atoms with Gasteiger partial charge in [0.1, 0.15) is 11.3 Å².